The van der Waals surface area contributed by atoms with Gasteiger partial charge in [-0.3, -0.25) is 9.59 Å². The summed E-state index contributed by atoms with van der Waals surface area (Å²) in [5.41, 5.74) is 1.91. The Balaban J connectivity index is 1.73. The van der Waals surface area contributed by atoms with Crippen LogP contribution in [-0.2, 0) is 10.0 Å². The first-order chi connectivity index (χ1) is 12.8. The van der Waals surface area contributed by atoms with Crippen molar-refractivity contribution in [2.75, 3.05) is 26.2 Å². The predicted octanol–water partition coefficient (Wildman–Crippen LogP) is 2.34. The van der Waals surface area contributed by atoms with E-state index in [1.807, 2.05) is 25.1 Å². The molecule has 0 bridgehead atoms. The van der Waals surface area contributed by atoms with Gasteiger partial charge in [0.2, 0.25) is 10.0 Å². The molecule has 0 aromatic heterocycles. The van der Waals surface area contributed by atoms with E-state index in [0.717, 1.165) is 5.56 Å². The lowest BCUT2D eigenvalue weighted by Crippen LogP contribution is -2.50. The number of hydrogen-bond acceptors (Lipinski definition) is 4. The van der Waals surface area contributed by atoms with Gasteiger partial charge in [0.05, 0.1) is 4.90 Å². The molecule has 142 valence electrons. The van der Waals surface area contributed by atoms with Crippen molar-refractivity contribution in [3.63, 3.8) is 0 Å². The van der Waals surface area contributed by atoms with Crippen LogP contribution in [0, 0.1) is 6.92 Å². The van der Waals surface area contributed by atoms with Gasteiger partial charge in [-0.25, -0.2) is 8.42 Å². The van der Waals surface area contributed by atoms with E-state index < -0.39 is 10.0 Å². The Labute approximate surface area is 159 Å². The molecular weight excluding hydrogens is 364 g/mol. The molecule has 1 saturated heterocycles. The minimum Gasteiger partial charge on any atom is -0.336 e. The summed E-state index contributed by atoms with van der Waals surface area (Å²) in [6, 6.07) is 13.4. The van der Waals surface area contributed by atoms with Crippen molar-refractivity contribution in [2.24, 2.45) is 0 Å². The number of aryl methyl sites for hydroxylation is 1. The second kappa shape index (κ2) is 7.62. The summed E-state index contributed by atoms with van der Waals surface area (Å²) in [4.78, 5) is 26.0. The molecule has 27 heavy (non-hydrogen) atoms. The molecule has 1 heterocycles. The molecule has 1 fully saturated rings. The maximum absolute atomic E-state index is 12.9. The highest BCUT2D eigenvalue weighted by Crippen LogP contribution is 2.20. The average molecular weight is 386 g/mol. The van der Waals surface area contributed by atoms with Crippen LogP contribution in [0.3, 0.4) is 0 Å². The van der Waals surface area contributed by atoms with Crippen molar-refractivity contribution >= 4 is 21.7 Å². The third-order valence-corrected chi connectivity index (χ3v) is 6.67. The van der Waals surface area contributed by atoms with Crippen molar-refractivity contribution < 1.29 is 18.0 Å². The predicted molar refractivity (Wildman–Crippen MR) is 102 cm³/mol. The Kier molecular flexibility index (Phi) is 5.43. The molecule has 0 spiro atoms. The van der Waals surface area contributed by atoms with Crippen LogP contribution in [-0.4, -0.2) is 55.5 Å². The third kappa shape index (κ3) is 3.94. The van der Waals surface area contributed by atoms with E-state index in [-0.39, 0.29) is 29.7 Å². The molecule has 0 radical (unpaired) electrons. The maximum Gasteiger partial charge on any atom is 0.254 e. The Hall–Kier alpha value is -2.51. The van der Waals surface area contributed by atoms with Crippen molar-refractivity contribution in [3.05, 3.63) is 65.2 Å². The molecule has 7 heteroatoms. The molecule has 2 aromatic rings. The first-order valence-corrected chi connectivity index (χ1v) is 10.2. The second-order valence-electron chi connectivity index (χ2n) is 6.60. The van der Waals surface area contributed by atoms with Gasteiger partial charge in [-0.05, 0) is 37.6 Å². The normalized spacial score (nSPS) is 15.6. The fourth-order valence-corrected chi connectivity index (χ4v) is 4.61. The quantitative estimate of drug-likeness (QED) is 0.756. The molecule has 0 N–H and O–H groups in total. The molecule has 6 nitrogen and oxygen atoms in total. The molecule has 0 saturated carbocycles. The van der Waals surface area contributed by atoms with Crippen LogP contribution in [0.2, 0.25) is 0 Å². The van der Waals surface area contributed by atoms with Gasteiger partial charge < -0.3 is 4.90 Å². The molecule has 1 aliphatic heterocycles. The van der Waals surface area contributed by atoms with Crippen LogP contribution in [0.1, 0.15) is 33.2 Å². The zero-order valence-corrected chi connectivity index (χ0v) is 16.2. The van der Waals surface area contributed by atoms with Crippen LogP contribution in [0.4, 0.5) is 0 Å². The molecule has 3 rings (SSSR count). The first kappa shape index (κ1) is 19.3. The van der Waals surface area contributed by atoms with E-state index in [0.29, 0.717) is 24.2 Å². The molecule has 2 aromatic carbocycles. The number of sulfonamides is 1. The van der Waals surface area contributed by atoms with E-state index in [1.165, 1.54) is 23.4 Å². The third-order valence-electron chi connectivity index (χ3n) is 4.78. The lowest BCUT2D eigenvalue weighted by Gasteiger charge is -2.34. The van der Waals surface area contributed by atoms with Gasteiger partial charge in [0.15, 0.2) is 5.78 Å². The minimum atomic E-state index is -3.70. The summed E-state index contributed by atoms with van der Waals surface area (Å²) < 4.78 is 27.1. The number of piperazine rings is 1. The summed E-state index contributed by atoms with van der Waals surface area (Å²) in [5.74, 6) is -0.260. The van der Waals surface area contributed by atoms with Gasteiger partial charge in [-0.1, -0.05) is 30.3 Å². The summed E-state index contributed by atoms with van der Waals surface area (Å²) in [5, 5.41) is 0. The van der Waals surface area contributed by atoms with E-state index in [1.54, 1.807) is 23.1 Å². The van der Waals surface area contributed by atoms with E-state index in [2.05, 4.69) is 0 Å². The molecule has 0 aliphatic carbocycles. The van der Waals surface area contributed by atoms with Gasteiger partial charge in [0.25, 0.3) is 5.91 Å². The summed E-state index contributed by atoms with van der Waals surface area (Å²) in [6.45, 7) is 4.41. The smallest absolute Gasteiger partial charge is 0.254 e. The minimum absolute atomic E-state index is 0.0799. The summed E-state index contributed by atoms with van der Waals surface area (Å²) in [7, 11) is -3.70. The Morgan fingerprint density at radius 2 is 1.59 bits per heavy atom. The highest BCUT2D eigenvalue weighted by Gasteiger charge is 2.31. The van der Waals surface area contributed by atoms with Gasteiger partial charge in [0, 0.05) is 37.3 Å². The highest BCUT2D eigenvalue weighted by molar-refractivity contribution is 7.89. The standard InChI is InChI=1S/C20H22N2O4S/c1-15-6-3-4-9-19(15)20(24)21-10-12-22(13-11-21)27(25,26)18-8-5-7-17(14-18)16(2)23/h3-9,14H,10-13H2,1-2H3. The number of nitrogens with zero attached hydrogens (tertiary/aromatic N) is 2. The van der Waals surface area contributed by atoms with Crippen molar-refractivity contribution in [2.45, 2.75) is 18.7 Å². The van der Waals surface area contributed by atoms with Crippen molar-refractivity contribution in [1.29, 1.82) is 0 Å². The number of Topliss-reactive ketones (excluding diaryl/α,β-unsaturated/α-hetero) is 1. The van der Waals surface area contributed by atoms with Crippen LogP contribution in [0.25, 0.3) is 0 Å². The average Bonchev–Trinajstić information content (AvgIpc) is 2.68. The summed E-state index contributed by atoms with van der Waals surface area (Å²) in [6.07, 6.45) is 0. The Morgan fingerprint density at radius 1 is 0.926 bits per heavy atom. The fraction of sp³-hybridized carbons (Fsp3) is 0.300. The van der Waals surface area contributed by atoms with Gasteiger partial charge in [-0.15, -0.1) is 0 Å². The highest BCUT2D eigenvalue weighted by atomic mass is 32.2. The largest absolute Gasteiger partial charge is 0.336 e. The molecule has 1 amide bonds. The number of hydrogen-bond donors (Lipinski definition) is 0. The number of rotatable bonds is 4. The number of amides is 1. The van der Waals surface area contributed by atoms with E-state index >= 15 is 0 Å². The molecule has 0 atom stereocenters. The number of benzene rings is 2. The van der Waals surface area contributed by atoms with Crippen molar-refractivity contribution in [1.82, 2.24) is 9.21 Å². The molecular formula is C20H22N2O4S. The van der Waals surface area contributed by atoms with Gasteiger partial charge in [0.1, 0.15) is 0 Å². The number of ketones is 1. The fourth-order valence-electron chi connectivity index (χ4n) is 3.14. The van der Waals surface area contributed by atoms with Gasteiger partial charge >= 0.3 is 0 Å². The Bertz CT molecular complexity index is 977. The van der Waals surface area contributed by atoms with Crippen molar-refractivity contribution in [3.8, 4) is 0 Å². The zero-order valence-electron chi connectivity index (χ0n) is 15.4. The number of carbonyl (C=O) groups is 2. The topological polar surface area (TPSA) is 74.8 Å². The lowest BCUT2D eigenvalue weighted by atomic mass is 10.1. The molecule has 0 unspecified atom stereocenters. The number of carbonyl (C=O) groups excluding carboxylic acids is 2. The monoisotopic (exact) mass is 386 g/mol. The molecule has 1 aliphatic rings. The summed E-state index contributed by atoms with van der Waals surface area (Å²) >= 11 is 0. The first-order valence-electron chi connectivity index (χ1n) is 8.77. The van der Waals surface area contributed by atoms with Crippen LogP contribution < -0.4 is 0 Å². The lowest BCUT2D eigenvalue weighted by molar-refractivity contribution is 0.0697. The van der Waals surface area contributed by atoms with E-state index in [9.17, 15) is 18.0 Å². The van der Waals surface area contributed by atoms with Crippen LogP contribution >= 0.6 is 0 Å². The maximum atomic E-state index is 12.9. The second-order valence-corrected chi connectivity index (χ2v) is 8.53. The SMILES string of the molecule is CC(=O)c1cccc(S(=O)(=O)N2CCN(C(=O)c3ccccc3C)CC2)c1. The Morgan fingerprint density at radius 3 is 2.22 bits per heavy atom. The van der Waals surface area contributed by atoms with E-state index in [4.69, 9.17) is 0 Å². The van der Waals surface area contributed by atoms with Crippen LogP contribution in [0.15, 0.2) is 53.4 Å². The van der Waals surface area contributed by atoms with Gasteiger partial charge in [-0.2, -0.15) is 4.31 Å². The van der Waals surface area contributed by atoms with Crippen LogP contribution in [0.5, 0.6) is 0 Å². The zero-order chi connectivity index (χ0) is 19.6.